The van der Waals surface area contributed by atoms with E-state index in [0.717, 1.165) is 38.4 Å². The fraction of sp³-hybridized carbons (Fsp3) is 0.250. The fourth-order valence-corrected chi connectivity index (χ4v) is 2.97. The molecular weight excluding hydrogens is 336 g/mol. The average molecular weight is 357 g/mol. The smallest absolute Gasteiger partial charge is 0.224 e. The number of aromatic nitrogens is 1. The summed E-state index contributed by atoms with van der Waals surface area (Å²) in [5.74, 6) is 0.752. The largest absolute Gasteiger partial charge is 0.492 e. The van der Waals surface area contributed by atoms with E-state index >= 15 is 0 Å². The van der Waals surface area contributed by atoms with Gasteiger partial charge in [0.1, 0.15) is 12.4 Å². The molecule has 3 rings (SSSR count). The van der Waals surface area contributed by atoms with Crippen LogP contribution in [-0.4, -0.2) is 24.0 Å². The van der Waals surface area contributed by atoms with Gasteiger partial charge >= 0.3 is 0 Å². The number of carbonyl (C=O) groups is 1. The first kappa shape index (κ1) is 17.4. The van der Waals surface area contributed by atoms with E-state index in [-0.39, 0.29) is 5.91 Å². The molecule has 1 amide bonds. The minimum atomic E-state index is -0.0168. The number of aromatic amines is 1. The van der Waals surface area contributed by atoms with Gasteiger partial charge in [0.05, 0.1) is 13.0 Å². The molecule has 0 fully saturated rings. The molecular formula is C20H21ClN2O2. The van der Waals surface area contributed by atoms with Gasteiger partial charge in [-0.15, -0.1) is 0 Å². The third-order valence-electron chi connectivity index (χ3n) is 4.13. The van der Waals surface area contributed by atoms with Gasteiger partial charge in [-0.3, -0.25) is 4.79 Å². The first-order chi connectivity index (χ1) is 12.0. The number of H-pyrrole nitrogens is 1. The van der Waals surface area contributed by atoms with Crippen LogP contribution in [0.4, 0.5) is 0 Å². The van der Waals surface area contributed by atoms with Crippen LogP contribution in [0.5, 0.6) is 5.75 Å². The number of amides is 1. The van der Waals surface area contributed by atoms with Gasteiger partial charge in [0.15, 0.2) is 0 Å². The van der Waals surface area contributed by atoms with Crippen molar-refractivity contribution >= 4 is 28.4 Å². The number of carbonyl (C=O) groups excluding carboxylic acids is 1. The van der Waals surface area contributed by atoms with Crippen LogP contribution in [0, 0.1) is 13.8 Å². The molecule has 0 spiro atoms. The number of ether oxygens (including phenoxy) is 1. The lowest BCUT2D eigenvalue weighted by Gasteiger charge is -2.10. The fourth-order valence-electron chi connectivity index (χ4n) is 2.86. The Morgan fingerprint density at radius 2 is 1.92 bits per heavy atom. The van der Waals surface area contributed by atoms with E-state index in [2.05, 4.69) is 10.3 Å². The van der Waals surface area contributed by atoms with E-state index in [1.807, 2.05) is 56.4 Å². The first-order valence-corrected chi connectivity index (χ1v) is 8.63. The Bertz CT molecular complexity index is 879. The van der Waals surface area contributed by atoms with Crippen LogP contribution in [0.15, 0.2) is 42.6 Å². The maximum absolute atomic E-state index is 12.1. The lowest BCUT2D eigenvalue weighted by Crippen LogP contribution is -2.29. The number of para-hydroxylation sites is 1. The number of benzene rings is 2. The first-order valence-electron chi connectivity index (χ1n) is 8.26. The van der Waals surface area contributed by atoms with E-state index in [9.17, 15) is 4.79 Å². The van der Waals surface area contributed by atoms with Crippen molar-refractivity contribution in [1.29, 1.82) is 0 Å². The Labute approximate surface area is 152 Å². The molecule has 2 N–H and O–H groups in total. The monoisotopic (exact) mass is 356 g/mol. The topological polar surface area (TPSA) is 54.1 Å². The summed E-state index contributed by atoms with van der Waals surface area (Å²) in [6.45, 7) is 4.78. The predicted molar refractivity (Wildman–Crippen MR) is 101 cm³/mol. The van der Waals surface area contributed by atoms with E-state index in [0.29, 0.717) is 19.6 Å². The zero-order chi connectivity index (χ0) is 17.8. The standard InChI is InChI=1S/C20H21ClN2O2/c1-13-9-16(10-14(2)20(13)21)25-8-7-22-19(24)11-15-12-23-18-6-4-3-5-17(15)18/h3-6,9-10,12,23H,7-8,11H2,1-2H3,(H,22,24). The summed E-state index contributed by atoms with van der Waals surface area (Å²) in [4.78, 5) is 15.3. The minimum Gasteiger partial charge on any atom is -0.492 e. The predicted octanol–water partition coefficient (Wildman–Crippen LogP) is 4.18. The van der Waals surface area contributed by atoms with Crippen molar-refractivity contribution in [1.82, 2.24) is 10.3 Å². The second kappa shape index (κ2) is 7.62. The molecule has 5 heteroatoms. The molecule has 3 aromatic rings. The van der Waals surface area contributed by atoms with Gasteiger partial charge in [0.2, 0.25) is 5.91 Å². The van der Waals surface area contributed by atoms with Crippen LogP contribution < -0.4 is 10.1 Å². The summed E-state index contributed by atoms with van der Waals surface area (Å²) in [5, 5.41) is 4.74. The second-order valence-corrected chi connectivity index (χ2v) is 6.48. The highest BCUT2D eigenvalue weighted by Gasteiger charge is 2.08. The quantitative estimate of drug-likeness (QED) is 0.651. The van der Waals surface area contributed by atoms with Crippen LogP contribution in [-0.2, 0) is 11.2 Å². The highest BCUT2D eigenvalue weighted by Crippen LogP contribution is 2.25. The Morgan fingerprint density at radius 3 is 2.68 bits per heavy atom. The molecule has 130 valence electrons. The number of hydrogen-bond acceptors (Lipinski definition) is 2. The van der Waals surface area contributed by atoms with Gasteiger partial charge in [-0.1, -0.05) is 29.8 Å². The molecule has 0 atom stereocenters. The molecule has 25 heavy (non-hydrogen) atoms. The zero-order valence-corrected chi connectivity index (χ0v) is 15.1. The van der Waals surface area contributed by atoms with Crippen LogP contribution in [0.25, 0.3) is 10.9 Å². The van der Waals surface area contributed by atoms with Crippen LogP contribution in [0.2, 0.25) is 5.02 Å². The van der Waals surface area contributed by atoms with Crippen molar-refractivity contribution in [2.75, 3.05) is 13.2 Å². The Kier molecular flexibility index (Phi) is 5.29. The maximum Gasteiger partial charge on any atom is 0.224 e. The summed E-state index contributed by atoms with van der Waals surface area (Å²) in [5.41, 5.74) is 4.01. The Balaban J connectivity index is 1.48. The average Bonchev–Trinajstić information content (AvgIpc) is 2.99. The van der Waals surface area contributed by atoms with E-state index < -0.39 is 0 Å². The van der Waals surface area contributed by atoms with Gasteiger partial charge < -0.3 is 15.0 Å². The highest BCUT2D eigenvalue weighted by atomic mass is 35.5. The molecule has 2 aromatic carbocycles. The maximum atomic E-state index is 12.1. The number of hydrogen-bond donors (Lipinski definition) is 2. The summed E-state index contributed by atoms with van der Waals surface area (Å²) in [6.07, 6.45) is 2.24. The second-order valence-electron chi connectivity index (χ2n) is 6.11. The molecule has 4 nitrogen and oxygen atoms in total. The summed E-state index contributed by atoms with van der Waals surface area (Å²) < 4.78 is 5.70. The SMILES string of the molecule is Cc1cc(OCCNC(=O)Cc2c[nH]c3ccccc23)cc(C)c1Cl. The molecule has 0 aliphatic rings. The molecule has 1 aromatic heterocycles. The van der Waals surface area contributed by atoms with Crippen molar-refractivity contribution in [3.8, 4) is 5.75 Å². The summed E-state index contributed by atoms with van der Waals surface area (Å²) in [7, 11) is 0. The molecule has 0 bridgehead atoms. The Hall–Kier alpha value is -2.46. The molecule has 0 unspecified atom stereocenters. The van der Waals surface area contributed by atoms with Gasteiger partial charge in [0.25, 0.3) is 0 Å². The highest BCUT2D eigenvalue weighted by molar-refractivity contribution is 6.32. The van der Waals surface area contributed by atoms with Crippen LogP contribution in [0.1, 0.15) is 16.7 Å². The lowest BCUT2D eigenvalue weighted by atomic mass is 10.1. The van der Waals surface area contributed by atoms with Crippen molar-refractivity contribution in [2.45, 2.75) is 20.3 Å². The molecule has 0 saturated heterocycles. The van der Waals surface area contributed by atoms with Gasteiger partial charge in [0, 0.05) is 22.1 Å². The van der Waals surface area contributed by atoms with E-state index in [1.165, 1.54) is 0 Å². The van der Waals surface area contributed by atoms with E-state index in [1.54, 1.807) is 0 Å². The molecule has 0 saturated carbocycles. The molecule has 1 heterocycles. The summed E-state index contributed by atoms with van der Waals surface area (Å²) in [6, 6.07) is 11.8. The van der Waals surface area contributed by atoms with Crippen molar-refractivity contribution in [3.05, 3.63) is 64.3 Å². The normalized spacial score (nSPS) is 10.8. The van der Waals surface area contributed by atoms with Crippen molar-refractivity contribution in [3.63, 3.8) is 0 Å². The third-order valence-corrected chi connectivity index (χ3v) is 4.73. The number of rotatable bonds is 6. The molecule has 0 aliphatic heterocycles. The number of fused-ring (bicyclic) bond motifs is 1. The zero-order valence-electron chi connectivity index (χ0n) is 14.4. The number of halogens is 1. The number of aryl methyl sites for hydroxylation is 2. The van der Waals surface area contributed by atoms with Crippen molar-refractivity contribution in [2.24, 2.45) is 0 Å². The van der Waals surface area contributed by atoms with Gasteiger partial charge in [-0.05, 0) is 48.7 Å². The minimum absolute atomic E-state index is 0.0168. The lowest BCUT2D eigenvalue weighted by molar-refractivity contribution is -0.120. The van der Waals surface area contributed by atoms with Crippen LogP contribution in [0.3, 0.4) is 0 Å². The van der Waals surface area contributed by atoms with E-state index in [4.69, 9.17) is 16.3 Å². The molecule has 0 aliphatic carbocycles. The number of nitrogens with one attached hydrogen (secondary N) is 2. The van der Waals surface area contributed by atoms with Gasteiger partial charge in [-0.2, -0.15) is 0 Å². The Morgan fingerprint density at radius 1 is 1.20 bits per heavy atom. The molecule has 0 radical (unpaired) electrons. The van der Waals surface area contributed by atoms with Gasteiger partial charge in [-0.25, -0.2) is 0 Å². The van der Waals surface area contributed by atoms with Crippen LogP contribution >= 0.6 is 11.6 Å². The summed E-state index contributed by atoms with van der Waals surface area (Å²) >= 11 is 6.15. The van der Waals surface area contributed by atoms with Crippen molar-refractivity contribution < 1.29 is 9.53 Å². The third kappa shape index (κ3) is 4.15.